The average molecular weight is 209 g/mol. The highest BCUT2D eigenvalue weighted by atomic mass is 19.1. The van der Waals surface area contributed by atoms with Crippen molar-refractivity contribution >= 4 is 0 Å². The fraction of sp³-hybridized carbons (Fsp3) is 0.364. The van der Waals surface area contributed by atoms with E-state index in [4.69, 9.17) is 14.7 Å². The summed E-state index contributed by atoms with van der Waals surface area (Å²) in [6.45, 7) is 3.68. The van der Waals surface area contributed by atoms with Gasteiger partial charge in [0, 0.05) is 12.1 Å². The van der Waals surface area contributed by atoms with Crippen LogP contribution < -0.4 is 9.47 Å². The number of benzene rings is 1. The molecule has 1 aromatic rings. The molecule has 0 amide bonds. The van der Waals surface area contributed by atoms with Crippen LogP contribution in [-0.2, 0) is 0 Å². The predicted molar refractivity (Wildman–Crippen MR) is 53.4 cm³/mol. The third-order valence-corrected chi connectivity index (χ3v) is 1.74. The van der Waals surface area contributed by atoms with Gasteiger partial charge in [-0.2, -0.15) is 5.26 Å². The molecule has 15 heavy (non-hydrogen) atoms. The second-order valence-electron chi connectivity index (χ2n) is 3.26. The Labute approximate surface area is 88.0 Å². The Morgan fingerprint density at radius 3 is 2.47 bits per heavy atom. The number of methoxy groups -OCH3 is 1. The smallest absolute Gasteiger partial charge is 0.163 e. The lowest BCUT2D eigenvalue weighted by Crippen LogP contribution is -2.07. The summed E-state index contributed by atoms with van der Waals surface area (Å²) in [4.78, 5) is 0. The largest absolute Gasteiger partial charge is 0.493 e. The zero-order chi connectivity index (χ0) is 11.4. The molecule has 0 bridgehead atoms. The van der Waals surface area contributed by atoms with Crippen LogP contribution in [0.4, 0.5) is 4.39 Å². The minimum atomic E-state index is -0.606. The van der Waals surface area contributed by atoms with Gasteiger partial charge in [0.05, 0.1) is 18.8 Å². The Morgan fingerprint density at radius 1 is 1.33 bits per heavy atom. The van der Waals surface area contributed by atoms with Gasteiger partial charge in [-0.25, -0.2) is 4.39 Å². The van der Waals surface area contributed by atoms with E-state index < -0.39 is 5.82 Å². The van der Waals surface area contributed by atoms with Gasteiger partial charge in [0.2, 0.25) is 0 Å². The molecule has 0 spiro atoms. The van der Waals surface area contributed by atoms with E-state index >= 15 is 0 Å². The van der Waals surface area contributed by atoms with Crippen molar-refractivity contribution in [2.45, 2.75) is 20.0 Å². The fourth-order valence-corrected chi connectivity index (χ4v) is 1.13. The lowest BCUT2D eigenvalue weighted by molar-refractivity contribution is 0.229. The molecular formula is C11H12FNO2. The van der Waals surface area contributed by atoms with Crippen LogP contribution in [-0.4, -0.2) is 13.2 Å². The number of ether oxygens (including phenoxy) is 2. The molecule has 0 atom stereocenters. The van der Waals surface area contributed by atoms with E-state index in [0.717, 1.165) is 6.07 Å². The highest BCUT2D eigenvalue weighted by Crippen LogP contribution is 2.30. The van der Waals surface area contributed by atoms with E-state index in [-0.39, 0.29) is 11.7 Å². The van der Waals surface area contributed by atoms with Crippen LogP contribution in [0.5, 0.6) is 11.5 Å². The molecule has 0 aliphatic heterocycles. The SMILES string of the molecule is COc1cc(F)c(C#N)cc1OC(C)C. The quantitative estimate of drug-likeness (QED) is 0.768. The molecule has 0 aromatic heterocycles. The van der Waals surface area contributed by atoms with Gasteiger partial charge in [-0.15, -0.1) is 0 Å². The van der Waals surface area contributed by atoms with Crippen LogP contribution in [0.15, 0.2) is 12.1 Å². The van der Waals surface area contributed by atoms with Crippen LogP contribution in [0.3, 0.4) is 0 Å². The molecule has 0 saturated carbocycles. The number of halogens is 1. The van der Waals surface area contributed by atoms with E-state index in [0.29, 0.717) is 11.5 Å². The summed E-state index contributed by atoms with van der Waals surface area (Å²) in [6, 6.07) is 4.24. The molecule has 0 radical (unpaired) electrons. The van der Waals surface area contributed by atoms with Crippen molar-refractivity contribution in [3.63, 3.8) is 0 Å². The number of rotatable bonds is 3. The zero-order valence-electron chi connectivity index (χ0n) is 8.87. The summed E-state index contributed by atoms with van der Waals surface area (Å²) in [7, 11) is 1.42. The van der Waals surface area contributed by atoms with Gasteiger partial charge in [-0.3, -0.25) is 0 Å². The van der Waals surface area contributed by atoms with Crippen molar-refractivity contribution < 1.29 is 13.9 Å². The van der Waals surface area contributed by atoms with Crippen molar-refractivity contribution in [2.24, 2.45) is 0 Å². The van der Waals surface area contributed by atoms with Gasteiger partial charge < -0.3 is 9.47 Å². The third-order valence-electron chi connectivity index (χ3n) is 1.74. The number of nitriles is 1. The normalized spacial score (nSPS) is 9.87. The molecule has 1 rings (SSSR count). The van der Waals surface area contributed by atoms with Crippen molar-refractivity contribution in [3.05, 3.63) is 23.5 Å². The molecule has 0 saturated heterocycles. The molecule has 0 heterocycles. The molecule has 3 nitrogen and oxygen atoms in total. The second-order valence-corrected chi connectivity index (χ2v) is 3.26. The summed E-state index contributed by atoms with van der Waals surface area (Å²) in [5.41, 5.74) is -0.0496. The monoisotopic (exact) mass is 209 g/mol. The summed E-state index contributed by atoms with van der Waals surface area (Å²) in [6.07, 6.45) is -0.0593. The summed E-state index contributed by atoms with van der Waals surface area (Å²) < 4.78 is 23.5. The van der Waals surface area contributed by atoms with Gasteiger partial charge >= 0.3 is 0 Å². The van der Waals surface area contributed by atoms with Gasteiger partial charge in [-0.05, 0) is 13.8 Å². The van der Waals surface area contributed by atoms with Crippen LogP contribution in [0.1, 0.15) is 19.4 Å². The molecule has 4 heteroatoms. The molecular weight excluding hydrogens is 197 g/mol. The Kier molecular flexibility index (Phi) is 3.51. The maximum absolute atomic E-state index is 13.2. The first-order valence-corrected chi connectivity index (χ1v) is 4.52. The number of hydrogen-bond acceptors (Lipinski definition) is 3. The highest BCUT2D eigenvalue weighted by molar-refractivity contribution is 5.47. The van der Waals surface area contributed by atoms with E-state index in [2.05, 4.69) is 0 Å². The summed E-state index contributed by atoms with van der Waals surface area (Å²) >= 11 is 0. The molecule has 0 aliphatic rings. The minimum absolute atomic E-state index is 0.0496. The predicted octanol–water partition coefficient (Wildman–Crippen LogP) is 2.49. The van der Waals surface area contributed by atoms with Crippen LogP contribution in [0, 0.1) is 17.1 Å². The summed E-state index contributed by atoms with van der Waals surface area (Å²) in [5.74, 6) is 0.0658. The van der Waals surface area contributed by atoms with Crippen molar-refractivity contribution in [1.29, 1.82) is 5.26 Å². The Bertz CT molecular complexity index is 396. The van der Waals surface area contributed by atoms with Gasteiger partial charge in [0.15, 0.2) is 11.5 Å². The van der Waals surface area contributed by atoms with E-state index in [9.17, 15) is 4.39 Å². The van der Waals surface area contributed by atoms with E-state index in [1.165, 1.54) is 13.2 Å². The van der Waals surface area contributed by atoms with E-state index in [1.807, 2.05) is 13.8 Å². The van der Waals surface area contributed by atoms with Crippen molar-refractivity contribution in [2.75, 3.05) is 7.11 Å². The third kappa shape index (κ3) is 2.59. The maximum atomic E-state index is 13.2. The topological polar surface area (TPSA) is 42.2 Å². The first kappa shape index (κ1) is 11.3. The molecule has 1 aromatic carbocycles. The molecule has 0 N–H and O–H groups in total. The van der Waals surface area contributed by atoms with Crippen molar-refractivity contribution in [1.82, 2.24) is 0 Å². The Hall–Kier alpha value is -1.76. The summed E-state index contributed by atoms with van der Waals surface area (Å²) in [5, 5.41) is 8.65. The maximum Gasteiger partial charge on any atom is 0.163 e. The standard InChI is InChI=1S/C11H12FNO2/c1-7(2)15-11-4-8(6-13)9(12)5-10(11)14-3/h4-5,7H,1-3H3. The minimum Gasteiger partial charge on any atom is -0.493 e. The fourth-order valence-electron chi connectivity index (χ4n) is 1.13. The first-order chi connectivity index (χ1) is 7.08. The zero-order valence-corrected chi connectivity index (χ0v) is 8.87. The number of nitrogens with zero attached hydrogens (tertiary/aromatic N) is 1. The molecule has 80 valence electrons. The lowest BCUT2D eigenvalue weighted by atomic mass is 10.2. The van der Waals surface area contributed by atoms with Gasteiger partial charge in [0.1, 0.15) is 11.9 Å². The average Bonchev–Trinajstić information content (AvgIpc) is 2.19. The number of hydrogen-bond donors (Lipinski definition) is 0. The molecule has 0 unspecified atom stereocenters. The van der Waals surface area contributed by atoms with Crippen LogP contribution in [0.2, 0.25) is 0 Å². The van der Waals surface area contributed by atoms with Crippen LogP contribution >= 0.6 is 0 Å². The van der Waals surface area contributed by atoms with Crippen LogP contribution in [0.25, 0.3) is 0 Å². The van der Waals surface area contributed by atoms with E-state index in [1.54, 1.807) is 6.07 Å². The molecule has 0 aliphatic carbocycles. The van der Waals surface area contributed by atoms with Crippen molar-refractivity contribution in [3.8, 4) is 17.6 Å². The Balaban J connectivity index is 3.18. The first-order valence-electron chi connectivity index (χ1n) is 4.52. The Morgan fingerprint density at radius 2 is 2.00 bits per heavy atom. The second kappa shape index (κ2) is 4.65. The van der Waals surface area contributed by atoms with Gasteiger partial charge in [-0.1, -0.05) is 0 Å². The highest BCUT2D eigenvalue weighted by Gasteiger charge is 2.12. The lowest BCUT2D eigenvalue weighted by Gasteiger charge is -2.13. The molecule has 0 fully saturated rings. The van der Waals surface area contributed by atoms with Gasteiger partial charge in [0.25, 0.3) is 0 Å².